The molecule has 27 heavy (non-hydrogen) atoms. The molecule has 0 spiro atoms. The SMILES string of the molecule is C[C@H](c1ccccc1)N1CC[C@@H](c2ccc(OC(F)(F)F)cc2)OCC1=O. The molecule has 0 radical (unpaired) electrons. The Kier molecular flexibility index (Phi) is 5.70. The van der Waals surface area contributed by atoms with Crippen LogP contribution in [0.5, 0.6) is 5.75 Å². The molecule has 0 unspecified atom stereocenters. The first-order chi connectivity index (χ1) is 12.8. The monoisotopic (exact) mass is 379 g/mol. The van der Waals surface area contributed by atoms with E-state index in [1.54, 1.807) is 4.90 Å². The van der Waals surface area contributed by atoms with Gasteiger partial charge < -0.3 is 14.4 Å². The van der Waals surface area contributed by atoms with E-state index < -0.39 is 6.36 Å². The minimum Gasteiger partial charge on any atom is -0.406 e. The highest BCUT2D eigenvalue weighted by molar-refractivity contribution is 5.78. The first kappa shape index (κ1) is 19.2. The molecular formula is C20H20F3NO3. The quantitative estimate of drug-likeness (QED) is 0.777. The Balaban J connectivity index is 1.68. The van der Waals surface area contributed by atoms with Crippen molar-refractivity contribution in [3.8, 4) is 5.75 Å². The normalized spacial score (nSPS) is 19.5. The van der Waals surface area contributed by atoms with Gasteiger partial charge in [-0.05, 0) is 36.6 Å². The van der Waals surface area contributed by atoms with Crippen molar-refractivity contribution in [2.75, 3.05) is 13.2 Å². The molecule has 3 rings (SSSR count). The van der Waals surface area contributed by atoms with Crippen LogP contribution in [-0.2, 0) is 9.53 Å². The molecule has 1 aliphatic heterocycles. The maximum atomic E-state index is 12.5. The molecule has 1 saturated heterocycles. The molecule has 1 aliphatic rings. The summed E-state index contributed by atoms with van der Waals surface area (Å²) in [5, 5.41) is 0. The molecule has 1 fully saturated rings. The predicted molar refractivity (Wildman–Crippen MR) is 93.0 cm³/mol. The zero-order valence-corrected chi connectivity index (χ0v) is 14.8. The number of carbonyl (C=O) groups is 1. The highest BCUT2D eigenvalue weighted by Gasteiger charge is 2.31. The average Bonchev–Trinajstić information content (AvgIpc) is 2.83. The van der Waals surface area contributed by atoms with E-state index in [1.807, 2.05) is 37.3 Å². The summed E-state index contributed by atoms with van der Waals surface area (Å²) in [5.41, 5.74) is 1.75. The number of carbonyl (C=O) groups excluding carboxylic acids is 1. The molecule has 1 amide bonds. The molecule has 2 atom stereocenters. The standard InChI is InChI=1S/C20H20F3NO3/c1-14(15-5-3-2-4-6-15)24-12-11-18(26-13-19(24)25)16-7-9-17(10-8-16)27-20(21,22)23/h2-10,14,18H,11-13H2,1H3/t14-,18+/m1/s1. The van der Waals surface area contributed by atoms with Gasteiger partial charge in [0.2, 0.25) is 5.91 Å². The van der Waals surface area contributed by atoms with Crippen LogP contribution in [0.25, 0.3) is 0 Å². The number of hydrogen-bond donors (Lipinski definition) is 0. The maximum absolute atomic E-state index is 12.5. The number of alkyl halides is 3. The molecule has 2 aromatic rings. The van der Waals surface area contributed by atoms with E-state index in [1.165, 1.54) is 24.3 Å². The fourth-order valence-electron chi connectivity index (χ4n) is 3.19. The smallest absolute Gasteiger partial charge is 0.406 e. The van der Waals surface area contributed by atoms with Gasteiger partial charge in [0.1, 0.15) is 12.4 Å². The van der Waals surface area contributed by atoms with Crippen molar-refractivity contribution >= 4 is 5.91 Å². The van der Waals surface area contributed by atoms with Gasteiger partial charge in [-0.2, -0.15) is 0 Å². The topological polar surface area (TPSA) is 38.8 Å². The van der Waals surface area contributed by atoms with Crippen molar-refractivity contribution < 1.29 is 27.4 Å². The summed E-state index contributed by atoms with van der Waals surface area (Å²) in [6.45, 7) is 2.40. The number of rotatable bonds is 4. The number of ether oxygens (including phenoxy) is 2. The number of benzene rings is 2. The van der Waals surface area contributed by atoms with Crippen molar-refractivity contribution in [2.45, 2.75) is 31.9 Å². The third-order valence-electron chi connectivity index (χ3n) is 4.60. The van der Waals surface area contributed by atoms with Gasteiger partial charge >= 0.3 is 6.36 Å². The van der Waals surface area contributed by atoms with E-state index >= 15 is 0 Å². The fraction of sp³-hybridized carbons (Fsp3) is 0.350. The van der Waals surface area contributed by atoms with Crippen LogP contribution < -0.4 is 4.74 Å². The number of nitrogens with zero attached hydrogens (tertiary/aromatic N) is 1. The second-order valence-corrected chi connectivity index (χ2v) is 6.38. The molecule has 7 heteroatoms. The third-order valence-corrected chi connectivity index (χ3v) is 4.60. The second kappa shape index (κ2) is 8.00. The molecular weight excluding hydrogens is 359 g/mol. The molecule has 1 heterocycles. The average molecular weight is 379 g/mol. The van der Waals surface area contributed by atoms with Gasteiger partial charge in [0.05, 0.1) is 12.1 Å². The van der Waals surface area contributed by atoms with E-state index in [4.69, 9.17) is 4.74 Å². The molecule has 144 valence electrons. The van der Waals surface area contributed by atoms with Crippen molar-refractivity contribution in [2.24, 2.45) is 0 Å². The van der Waals surface area contributed by atoms with Crippen LogP contribution in [-0.4, -0.2) is 30.3 Å². The highest BCUT2D eigenvalue weighted by atomic mass is 19.4. The number of halogens is 3. The summed E-state index contributed by atoms with van der Waals surface area (Å²) in [4.78, 5) is 14.2. The highest BCUT2D eigenvalue weighted by Crippen LogP contribution is 2.30. The van der Waals surface area contributed by atoms with Crippen LogP contribution in [0.1, 0.15) is 36.6 Å². The van der Waals surface area contributed by atoms with Crippen LogP contribution in [0.2, 0.25) is 0 Å². The fourth-order valence-corrected chi connectivity index (χ4v) is 3.19. The van der Waals surface area contributed by atoms with Crippen LogP contribution in [0, 0.1) is 0 Å². The van der Waals surface area contributed by atoms with Gasteiger partial charge in [0.15, 0.2) is 0 Å². The molecule has 0 aliphatic carbocycles. The number of hydrogen-bond acceptors (Lipinski definition) is 3. The van der Waals surface area contributed by atoms with Crippen LogP contribution in [0.15, 0.2) is 54.6 Å². The summed E-state index contributed by atoms with van der Waals surface area (Å²) in [7, 11) is 0. The molecule has 0 saturated carbocycles. The summed E-state index contributed by atoms with van der Waals surface area (Å²) in [6.07, 6.45) is -4.52. The van der Waals surface area contributed by atoms with E-state index in [0.29, 0.717) is 18.5 Å². The molecule has 0 aromatic heterocycles. The summed E-state index contributed by atoms with van der Waals surface area (Å²) < 4.78 is 46.4. The van der Waals surface area contributed by atoms with Crippen molar-refractivity contribution in [1.29, 1.82) is 0 Å². The van der Waals surface area contributed by atoms with E-state index in [0.717, 1.165) is 5.56 Å². The predicted octanol–water partition coefficient (Wildman–Crippen LogP) is 4.64. The van der Waals surface area contributed by atoms with Crippen LogP contribution >= 0.6 is 0 Å². The van der Waals surface area contributed by atoms with E-state index in [2.05, 4.69) is 4.74 Å². The summed E-state index contributed by atoms with van der Waals surface area (Å²) in [6, 6.07) is 15.2. The van der Waals surface area contributed by atoms with Crippen LogP contribution in [0.4, 0.5) is 13.2 Å². The first-order valence-corrected chi connectivity index (χ1v) is 8.65. The first-order valence-electron chi connectivity index (χ1n) is 8.65. The van der Waals surface area contributed by atoms with Crippen molar-refractivity contribution in [3.63, 3.8) is 0 Å². The van der Waals surface area contributed by atoms with Gasteiger partial charge in [-0.3, -0.25) is 4.79 Å². The summed E-state index contributed by atoms with van der Waals surface area (Å²) >= 11 is 0. The van der Waals surface area contributed by atoms with Gasteiger partial charge in [0, 0.05) is 6.54 Å². The lowest BCUT2D eigenvalue weighted by Gasteiger charge is -2.28. The van der Waals surface area contributed by atoms with Gasteiger partial charge in [0.25, 0.3) is 0 Å². The molecule has 2 aromatic carbocycles. The lowest BCUT2D eigenvalue weighted by atomic mass is 10.0. The molecule has 0 N–H and O–H groups in total. The van der Waals surface area contributed by atoms with E-state index in [-0.39, 0.29) is 30.4 Å². The maximum Gasteiger partial charge on any atom is 0.573 e. The minimum absolute atomic E-state index is 0.0668. The van der Waals surface area contributed by atoms with Gasteiger partial charge in [-0.15, -0.1) is 13.2 Å². The third kappa shape index (κ3) is 5.01. The van der Waals surface area contributed by atoms with Gasteiger partial charge in [-0.1, -0.05) is 42.5 Å². The Hall–Kier alpha value is -2.54. The minimum atomic E-state index is -4.72. The zero-order chi connectivity index (χ0) is 19.4. The Morgan fingerprint density at radius 2 is 1.78 bits per heavy atom. The second-order valence-electron chi connectivity index (χ2n) is 6.38. The Morgan fingerprint density at radius 3 is 2.41 bits per heavy atom. The van der Waals surface area contributed by atoms with E-state index in [9.17, 15) is 18.0 Å². The van der Waals surface area contributed by atoms with Crippen molar-refractivity contribution in [1.82, 2.24) is 4.90 Å². The van der Waals surface area contributed by atoms with Gasteiger partial charge in [-0.25, -0.2) is 0 Å². The molecule has 0 bridgehead atoms. The van der Waals surface area contributed by atoms with Crippen molar-refractivity contribution in [3.05, 3.63) is 65.7 Å². The lowest BCUT2D eigenvalue weighted by molar-refractivity contribution is -0.274. The zero-order valence-electron chi connectivity index (χ0n) is 14.8. The number of amides is 1. The Labute approximate surface area is 155 Å². The Bertz CT molecular complexity index is 762. The van der Waals surface area contributed by atoms with Crippen LogP contribution in [0.3, 0.4) is 0 Å². The largest absolute Gasteiger partial charge is 0.573 e. The Morgan fingerprint density at radius 1 is 1.11 bits per heavy atom. The molecule has 4 nitrogen and oxygen atoms in total. The summed E-state index contributed by atoms with van der Waals surface area (Å²) in [5.74, 6) is -0.388. The lowest BCUT2D eigenvalue weighted by Crippen LogP contribution is -2.34.